The van der Waals surface area contributed by atoms with Crippen LogP contribution in [0.1, 0.15) is 29.8 Å². The van der Waals surface area contributed by atoms with E-state index in [9.17, 15) is 4.79 Å². The molecule has 0 unspecified atom stereocenters. The summed E-state index contributed by atoms with van der Waals surface area (Å²) in [4.78, 5) is 14.7. The molecule has 4 nitrogen and oxygen atoms in total. The summed E-state index contributed by atoms with van der Waals surface area (Å²) in [6.07, 6.45) is 3.67. The number of piperidine rings is 1. The molecular formula is C20H19ClN2O2. The van der Waals surface area contributed by atoms with Gasteiger partial charge in [0.25, 0.3) is 5.91 Å². The molecule has 128 valence electrons. The van der Waals surface area contributed by atoms with Crippen LogP contribution in [0, 0.1) is 0 Å². The molecule has 0 radical (unpaired) electrons. The molecule has 0 atom stereocenters. The number of para-hydroxylation sites is 1. The molecule has 2 heterocycles. The molecule has 0 aliphatic carbocycles. The number of anilines is 2. The highest BCUT2D eigenvalue weighted by Crippen LogP contribution is 2.31. The number of carbonyl (C=O) groups excluding carboxylic acids is 1. The lowest BCUT2D eigenvalue weighted by Gasteiger charge is -2.29. The number of amides is 1. The Kier molecular flexibility index (Phi) is 4.36. The molecule has 0 spiro atoms. The van der Waals surface area contributed by atoms with E-state index in [1.165, 1.54) is 19.3 Å². The van der Waals surface area contributed by atoms with Crippen molar-refractivity contribution in [2.45, 2.75) is 19.3 Å². The molecule has 1 saturated heterocycles. The quantitative estimate of drug-likeness (QED) is 0.691. The van der Waals surface area contributed by atoms with Crippen molar-refractivity contribution in [2.24, 2.45) is 0 Å². The second kappa shape index (κ2) is 6.81. The van der Waals surface area contributed by atoms with Crippen LogP contribution in [-0.2, 0) is 0 Å². The number of hydrogen-bond acceptors (Lipinski definition) is 3. The molecule has 1 fully saturated rings. The number of nitrogens with zero attached hydrogens (tertiary/aromatic N) is 1. The zero-order valence-electron chi connectivity index (χ0n) is 13.8. The molecule has 1 aromatic heterocycles. The highest BCUT2D eigenvalue weighted by atomic mass is 35.5. The van der Waals surface area contributed by atoms with Gasteiger partial charge in [0, 0.05) is 24.2 Å². The first-order chi connectivity index (χ1) is 12.2. The summed E-state index contributed by atoms with van der Waals surface area (Å²) >= 11 is 6.44. The number of furan rings is 1. The molecule has 4 rings (SSSR count). The van der Waals surface area contributed by atoms with Crippen LogP contribution in [-0.4, -0.2) is 19.0 Å². The lowest BCUT2D eigenvalue weighted by molar-refractivity contribution is 0.0998. The molecule has 1 aliphatic rings. The van der Waals surface area contributed by atoms with Crippen molar-refractivity contribution in [3.05, 3.63) is 59.3 Å². The Balaban J connectivity index is 1.52. The Morgan fingerprint density at radius 3 is 2.60 bits per heavy atom. The molecule has 2 aromatic carbocycles. The van der Waals surface area contributed by atoms with E-state index in [2.05, 4.69) is 10.2 Å². The minimum absolute atomic E-state index is 0.280. The van der Waals surface area contributed by atoms with Gasteiger partial charge in [-0.1, -0.05) is 29.8 Å². The molecule has 0 saturated carbocycles. The van der Waals surface area contributed by atoms with Gasteiger partial charge in [0.2, 0.25) is 0 Å². The number of nitrogens with one attached hydrogen (secondary N) is 1. The molecule has 1 aliphatic heterocycles. The van der Waals surface area contributed by atoms with Gasteiger partial charge in [0.15, 0.2) is 5.76 Å². The van der Waals surface area contributed by atoms with E-state index in [4.69, 9.17) is 16.0 Å². The molecule has 3 aromatic rings. The zero-order valence-corrected chi connectivity index (χ0v) is 14.6. The van der Waals surface area contributed by atoms with Crippen LogP contribution in [0.3, 0.4) is 0 Å². The lowest BCUT2D eigenvalue weighted by atomic mass is 10.1. The molecule has 0 bridgehead atoms. The smallest absolute Gasteiger partial charge is 0.291 e. The second-order valence-electron chi connectivity index (χ2n) is 6.32. The Hall–Kier alpha value is -2.46. The van der Waals surface area contributed by atoms with Gasteiger partial charge in [-0.25, -0.2) is 0 Å². The van der Waals surface area contributed by atoms with Crippen molar-refractivity contribution in [1.29, 1.82) is 0 Å². The number of rotatable bonds is 3. The average Bonchev–Trinajstić information content (AvgIpc) is 3.07. The highest BCUT2D eigenvalue weighted by molar-refractivity contribution is 6.33. The van der Waals surface area contributed by atoms with Gasteiger partial charge in [0.1, 0.15) is 5.58 Å². The first-order valence-corrected chi connectivity index (χ1v) is 8.93. The maximum atomic E-state index is 12.4. The number of hydrogen-bond donors (Lipinski definition) is 1. The van der Waals surface area contributed by atoms with Crippen LogP contribution in [0.15, 0.2) is 52.9 Å². The van der Waals surface area contributed by atoms with Gasteiger partial charge in [-0.2, -0.15) is 0 Å². The normalized spacial score (nSPS) is 14.7. The number of carbonyl (C=O) groups is 1. The fourth-order valence-corrected chi connectivity index (χ4v) is 3.56. The van der Waals surface area contributed by atoms with Crippen molar-refractivity contribution in [2.75, 3.05) is 23.3 Å². The lowest BCUT2D eigenvalue weighted by Crippen LogP contribution is -2.29. The summed E-state index contributed by atoms with van der Waals surface area (Å²) in [6, 6.07) is 15.0. The van der Waals surface area contributed by atoms with Crippen LogP contribution in [0.5, 0.6) is 0 Å². The summed E-state index contributed by atoms with van der Waals surface area (Å²) in [5.41, 5.74) is 2.39. The number of benzene rings is 2. The summed E-state index contributed by atoms with van der Waals surface area (Å²) in [7, 11) is 0. The molecule has 5 heteroatoms. The third-order valence-electron chi connectivity index (χ3n) is 4.55. The van der Waals surface area contributed by atoms with Crippen molar-refractivity contribution >= 4 is 39.9 Å². The second-order valence-corrected chi connectivity index (χ2v) is 6.72. The van der Waals surface area contributed by atoms with Crippen LogP contribution in [0.25, 0.3) is 11.0 Å². The van der Waals surface area contributed by atoms with Gasteiger partial charge < -0.3 is 14.6 Å². The summed E-state index contributed by atoms with van der Waals surface area (Å²) in [5, 5.41) is 4.42. The molecule has 1 N–H and O–H groups in total. The minimum atomic E-state index is -0.280. The topological polar surface area (TPSA) is 45.5 Å². The zero-order chi connectivity index (χ0) is 17.2. The van der Waals surface area contributed by atoms with Crippen molar-refractivity contribution in [3.63, 3.8) is 0 Å². The van der Waals surface area contributed by atoms with Crippen LogP contribution < -0.4 is 10.2 Å². The predicted molar refractivity (Wildman–Crippen MR) is 102 cm³/mol. The van der Waals surface area contributed by atoms with Crippen LogP contribution in [0.4, 0.5) is 11.4 Å². The standard InChI is InChI=1S/C20H19ClN2O2/c21-16-13-15(8-9-17(16)23-10-4-1-5-11-23)22-20(24)19-12-14-6-2-3-7-18(14)25-19/h2-3,6-9,12-13H,1,4-5,10-11H2,(H,22,24). The maximum Gasteiger partial charge on any atom is 0.291 e. The minimum Gasteiger partial charge on any atom is -0.451 e. The van der Waals surface area contributed by atoms with Gasteiger partial charge in [-0.05, 0) is 49.6 Å². The third-order valence-corrected chi connectivity index (χ3v) is 4.85. The third kappa shape index (κ3) is 3.35. The molecule has 25 heavy (non-hydrogen) atoms. The Morgan fingerprint density at radius 2 is 1.84 bits per heavy atom. The van der Waals surface area contributed by atoms with E-state index in [0.29, 0.717) is 16.3 Å². The summed E-state index contributed by atoms with van der Waals surface area (Å²) in [6.45, 7) is 2.06. The SMILES string of the molecule is O=C(Nc1ccc(N2CCCCC2)c(Cl)c1)c1cc2ccccc2o1. The first kappa shape index (κ1) is 16.0. The Bertz CT molecular complexity index is 880. The predicted octanol–water partition coefficient (Wildman–Crippen LogP) is 5.33. The fraction of sp³-hybridized carbons (Fsp3) is 0.250. The van der Waals surface area contributed by atoms with E-state index >= 15 is 0 Å². The van der Waals surface area contributed by atoms with E-state index in [1.807, 2.05) is 36.4 Å². The van der Waals surface area contributed by atoms with Gasteiger partial charge in [-0.15, -0.1) is 0 Å². The van der Waals surface area contributed by atoms with Gasteiger partial charge in [0.05, 0.1) is 10.7 Å². The van der Waals surface area contributed by atoms with E-state index in [-0.39, 0.29) is 11.7 Å². The maximum absolute atomic E-state index is 12.4. The Morgan fingerprint density at radius 1 is 1.04 bits per heavy atom. The largest absolute Gasteiger partial charge is 0.451 e. The molecular weight excluding hydrogens is 336 g/mol. The highest BCUT2D eigenvalue weighted by Gasteiger charge is 2.16. The molecule has 1 amide bonds. The monoisotopic (exact) mass is 354 g/mol. The van der Waals surface area contributed by atoms with E-state index in [1.54, 1.807) is 12.1 Å². The van der Waals surface area contributed by atoms with Gasteiger partial charge in [-0.3, -0.25) is 4.79 Å². The first-order valence-electron chi connectivity index (χ1n) is 8.55. The number of halogens is 1. The average molecular weight is 355 g/mol. The number of fused-ring (bicyclic) bond motifs is 1. The van der Waals surface area contributed by atoms with Crippen LogP contribution >= 0.6 is 11.6 Å². The van der Waals surface area contributed by atoms with E-state index in [0.717, 1.165) is 24.2 Å². The van der Waals surface area contributed by atoms with Gasteiger partial charge >= 0.3 is 0 Å². The van der Waals surface area contributed by atoms with Crippen molar-refractivity contribution in [3.8, 4) is 0 Å². The van der Waals surface area contributed by atoms with E-state index < -0.39 is 0 Å². The van der Waals surface area contributed by atoms with Crippen LogP contribution in [0.2, 0.25) is 5.02 Å². The fourth-order valence-electron chi connectivity index (χ4n) is 3.26. The van der Waals surface area contributed by atoms with Crippen molar-refractivity contribution < 1.29 is 9.21 Å². The summed E-state index contributed by atoms with van der Waals surface area (Å²) < 4.78 is 5.60. The van der Waals surface area contributed by atoms with Crippen molar-refractivity contribution in [1.82, 2.24) is 0 Å². The summed E-state index contributed by atoms with van der Waals surface area (Å²) in [5.74, 6) is 0.00965. The Labute approximate surface area is 151 Å².